The van der Waals surface area contributed by atoms with Crippen molar-refractivity contribution in [3.63, 3.8) is 0 Å². The van der Waals surface area contributed by atoms with E-state index >= 15 is 0 Å². The van der Waals surface area contributed by atoms with Gasteiger partial charge in [-0.2, -0.15) is 0 Å². The maximum absolute atomic E-state index is 10.8. The summed E-state index contributed by atoms with van der Waals surface area (Å²) < 4.78 is 0.890. The minimum Gasteiger partial charge on any atom is -0.364 e. The molecule has 0 aliphatic carbocycles. The Morgan fingerprint density at radius 3 is 2.65 bits per heavy atom. The van der Waals surface area contributed by atoms with Crippen LogP contribution in [0, 0.1) is 10.1 Å². The number of H-pyrrole nitrogens is 1. The first-order valence-corrected chi connectivity index (χ1v) is 5.97. The normalized spacial score (nSPS) is 12.3. The molecule has 2 aromatic rings. The first-order valence-electron chi connectivity index (χ1n) is 5.18. The molecule has 0 saturated carbocycles. The minimum absolute atomic E-state index is 0.122. The fraction of sp³-hybridized carbons (Fsp3) is 0.167. The van der Waals surface area contributed by atoms with Gasteiger partial charge in [0.1, 0.15) is 0 Å². The van der Waals surface area contributed by atoms with Gasteiger partial charge < -0.3 is 4.98 Å². The Morgan fingerprint density at radius 2 is 2.06 bits per heavy atom. The van der Waals surface area contributed by atoms with Crippen molar-refractivity contribution in [2.24, 2.45) is 0 Å². The highest BCUT2D eigenvalue weighted by Crippen LogP contribution is 2.29. The van der Waals surface area contributed by atoms with Crippen LogP contribution in [-0.4, -0.2) is 16.5 Å². The standard InChI is InChI=1S/C12H11BrN2O2/c13-11-5-2-1-4-9(11)10(8-15(16)17)12-6-3-7-14-12/h1-7,10,14H,8H2. The van der Waals surface area contributed by atoms with Crippen LogP contribution in [0.3, 0.4) is 0 Å². The smallest absolute Gasteiger partial charge is 0.216 e. The number of aromatic amines is 1. The average molecular weight is 295 g/mol. The molecule has 1 aromatic carbocycles. The van der Waals surface area contributed by atoms with E-state index in [1.54, 1.807) is 6.20 Å². The molecule has 5 heteroatoms. The van der Waals surface area contributed by atoms with Crippen molar-refractivity contribution in [1.82, 2.24) is 4.98 Å². The Labute approximate surface area is 107 Å². The van der Waals surface area contributed by atoms with E-state index in [2.05, 4.69) is 20.9 Å². The van der Waals surface area contributed by atoms with Crippen molar-refractivity contribution >= 4 is 15.9 Å². The van der Waals surface area contributed by atoms with Crippen molar-refractivity contribution in [3.8, 4) is 0 Å². The van der Waals surface area contributed by atoms with Gasteiger partial charge in [0.15, 0.2) is 0 Å². The molecule has 1 N–H and O–H groups in total. The van der Waals surface area contributed by atoms with Crippen LogP contribution in [0.1, 0.15) is 17.2 Å². The minimum atomic E-state index is -0.287. The first kappa shape index (κ1) is 11.9. The van der Waals surface area contributed by atoms with E-state index in [1.807, 2.05) is 36.4 Å². The summed E-state index contributed by atoms with van der Waals surface area (Å²) in [6.45, 7) is -0.122. The van der Waals surface area contributed by atoms with Gasteiger partial charge in [-0.05, 0) is 23.8 Å². The quantitative estimate of drug-likeness (QED) is 0.695. The van der Waals surface area contributed by atoms with E-state index in [0.717, 1.165) is 15.7 Å². The van der Waals surface area contributed by atoms with Gasteiger partial charge in [-0.25, -0.2) is 0 Å². The summed E-state index contributed by atoms with van der Waals surface area (Å²) in [7, 11) is 0. The molecule has 1 heterocycles. The van der Waals surface area contributed by atoms with E-state index in [1.165, 1.54) is 0 Å². The van der Waals surface area contributed by atoms with Crippen LogP contribution < -0.4 is 0 Å². The molecule has 0 saturated heterocycles. The highest BCUT2D eigenvalue weighted by molar-refractivity contribution is 9.10. The Balaban J connectivity index is 2.41. The van der Waals surface area contributed by atoms with Gasteiger partial charge in [-0.3, -0.25) is 10.1 Å². The van der Waals surface area contributed by atoms with E-state index in [0.29, 0.717) is 0 Å². The zero-order valence-corrected chi connectivity index (χ0v) is 10.6. The number of rotatable bonds is 4. The summed E-state index contributed by atoms with van der Waals surface area (Å²) in [5, 5.41) is 10.8. The Hall–Kier alpha value is -1.62. The van der Waals surface area contributed by atoms with Crippen molar-refractivity contribution in [2.75, 3.05) is 6.54 Å². The van der Waals surface area contributed by atoms with Gasteiger partial charge in [0, 0.05) is 21.3 Å². The Morgan fingerprint density at radius 1 is 1.29 bits per heavy atom. The van der Waals surface area contributed by atoms with Crippen LogP contribution in [0.4, 0.5) is 0 Å². The highest BCUT2D eigenvalue weighted by atomic mass is 79.9. The summed E-state index contributed by atoms with van der Waals surface area (Å²) in [4.78, 5) is 13.5. The van der Waals surface area contributed by atoms with E-state index in [4.69, 9.17) is 0 Å². The number of benzene rings is 1. The molecule has 88 valence electrons. The molecule has 2 rings (SSSR count). The maximum atomic E-state index is 10.8. The summed E-state index contributed by atoms with van der Waals surface area (Å²) in [5.41, 5.74) is 1.78. The fourth-order valence-corrected chi connectivity index (χ4v) is 2.39. The van der Waals surface area contributed by atoms with Crippen LogP contribution in [0.2, 0.25) is 0 Å². The SMILES string of the molecule is O=[N+]([O-])CC(c1ccc[nH]1)c1ccccc1Br. The number of nitrogens with zero attached hydrogens (tertiary/aromatic N) is 1. The van der Waals surface area contributed by atoms with E-state index < -0.39 is 0 Å². The van der Waals surface area contributed by atoms with Crippen molar-refractivity contribution in [2.45, 2.75) is 5.92 Å². The number of halogens is 1. The van der Waals surface area contributed by atoms with Crippen molar-refractivity contribution in [1.29, 1.82) is 0 Å². The molecule has 1 unspecified atom stereocenters. The molecule has 0 aliphatic heterocycles. The predicted octanol–water partition coefficient (Wildman–Crippen LogP) is 3.19. The number of hydrogen-bond donors (Lipinski definition) is 1. The molecule has 0 spiro atoms. The maximum Gasteiger partial charge on any atom is 0.216 e. The summed E-state index contributed by atoms with van der Waals surface area (Å²) in [6.07, 6.45) is 1.78. The number of nitrogens with one attached hydrogen (secondary N) is 1. The van der Waals surface area contributed by atoms with Crippen LogP contribution in [0.25, 0.3) is 0 Å². The van der Waals surface area contributed by atoms with Crippen LogP contribution >= 0.6 is 15.9 Å². The molecule has 1 atom stereocenters. The van der Waals surface area contributed by atoms with E-state index in [9.17, 15) is 10.1 Å². The molecule has 0 radical (unpaired) electrons. The number of aromatic nitrogens is 1. The lowest BCUT2D eigenvalue weighted by Gasteiger charge is -2.13. The summed E-state index contributed by atoms with van der Waals surface area (Å²) in [6, 6.07) is 11.3. The zero-order chi connectivity index (χ0) is 12.3. The lowest BCUT2D eigenvalue weighted by Crippen LogP contribution is -2.14. The molecular weight excluding hydrogens is 284 g/mol. The first-order chi connectivity index (χ1) is 8.18. The zero-order valence-electron chi connectivity index (χ0n) is 8.97. The van der Waals surface area contributed by atoms with Gasteiger partial charge in [0.25, 0.3) is 0 Å². The monoisotopic (exact) mass is 294 g/mol. The molecular formula is C12H11BrN2O2. The number of hydrogen-bond acceptors (Lipinski definition) is 2. The lowest BCUT2D eigenvalue weighted by molar-refractivity contribution is -0.482. The molecule has 0 amide bonds. The lowest BCUT2D eigenvalue weighted by atomic mass is 9.96. The Kier molecular flexibility index (Phi) is 3.58. The van der Waals surface area contributed by atoms with Gasteiger partial charge in [-0.15, -0.1) is 0 Å². The van der Waals surface area contributed by atoms with E-state index in [-0.39, 0.29) is 17.4 Å². The van der Waals surface area contributed by atoms with Crippen LogP contribution in [-0.2, 0) is 0 Å². The third-order valence-corrected chi connectivity index (χ3v) is 3.33. The highest BCUT2D eigenvalue weighted by Gasteiger charge is 2.22. The molecule has 17 heavy (non-hydrogen) atoms. The average Bonchev–Trinajstić information content (AvgIpc) is 2.80. The largest absolute Gasteiger partial charge is 0.364 e. The third kappa shape index (κ3) is 2.74. The fourth-order valence-electron chi connectivity index (χ4n) is 1.83. The topological polar surface area (TPSA) is 58.9 Å². The van der Waals surface area contributed by atoms with Crippen molar-refractivity contribution in [3.05, 3.63) is 68.4 Å². The molecule has 0 aliphatic rings. The van der Waals surface area contributed by atoms with Crippen LogP contribution in [0.15, 0.2) is 47.1 Å². The van der Waals surface area contributed by atoms with Gasteiger partial charge in [0.2, 0.25) is 6.54 Å². The second-order valence-electron chi connectivity index (χ2n) is 3.71. The molecule has 1 aromatic heterocycles. The summed E-state index contributed by atoms with van der Waals surface area (Å²) >= 11 is 3.44. The number of nitro groups is 1. The van der Waals surface area contributed by atoms with Gasteiger partial charge in [0.05, 0.1) is 5.92 Å². The molecule has 4 nitrogen and oxygen atoms in total. The second-order valence-corrected chi connectivity index (χ2v) is 4.57. The Bertz CT molecular complexity index is 511. The molecule has 0 fully saturated rings. The second kappa shape index (κ2) is 5.14. The van der Waals surface area contributed by atoms with Gasteiger partial charge >= 0.3 is 0 Å². The predicted molar refractivity (Wildman–Crippen MR) is 68.6 cm³/mol. The van der Waals surface area contributed by atoms with Gasteiger partial charge in [-0.1, -0.05) is 34.1 Å². The summed E-state index contributed by atoms with van der Waals surface area (Å²) in [5.74, 6) is -0.254. The molecule has 0 bridgehead atoms. The van der Waals surface area contributed by atoms with Crippen molar-refractivity contribution < 1.29 is 4.92 Å². The third-order valence-electron chi connectivity index (χ3n) is 2.61. The van der Waals surface area contributed by atoms with Crippen LogP contribution in [0.5, 0.6) is 0 Å².